The Bertz CT molecular complexity index is 798. The Morgan fingerprint density at radius 3 is 2.50 bits per heavy atom. The second-order valence-corrected chi connectivity index (χ2v) is 6.73. The lowest BCUT2D eigenvalue weighted by Crippen LogP contribution is -2.17. The largest absolute Gasteiger partial charge is 0.493 e. The molecule has 0 radical (unpaired) electrons. The molecule has 1 N–H and O–H groups in total. The molecule has 0 bridgehead atoms. The van der Waals surface area contributed by atoms with Crippen LogP contribution in [0, 0.1) is 0 Å². The van der Waals surface area contributed by atoms with Crippen molar-refractivity contribution in [1.82, 2.24) is 5.32 Å². The van der Waals surface area contributed by atoms with Crippen molar-refractivity contribution in [2.24, 2.45) is 0 Å². The molecule has 2 nitrogen and oxygen atoms in total. The molecular formula is C24H29NO. The average Bonchev–Trinajstić information content (AvgIpc) is 2.70. The van der Waals surface area contributed by atoms with Crippen molar-refractivity contribution >= 4 is 10.8 Å². The number of hydrogen-bond donors (Lipinski definition) is 1. The lowest BCUT2D eigenvalue weighted by molar-refractivity contribution is 0.303. The molecule has 26 heavy (non-hydrogen) atoms. The first-order chi connectivity index (χ1) is 12.9. The first kappa shape index (κ1) is 18.5. The molecule has 3 aromatic carbocycles. The Balaban J connectivity index is 1.67. The lowest BCUT2D eigenvalue weighted by Gasteiger charge is -2.15. The molecule has 0 aromatic heterocycles. The fraction of sp³-hybridized carbons (Fsp3) is 0.333. The van der Waals surface area contributed by atoms with Gasteiger partial charge in [-0.05, 0) is 41.8 Å². The topological polar surface area (TPSA) is 21.3 Å². The van der Waals surface area contributed by atoms with Crippen molar-refractivity contribution < 1.29 is 4.74 Å². The number of unbranched alkanes of at least 4 members (excludes halogenated alkanes) is 2. The van der Waals surface area contributed by atoms with E-state index in [1.54, 1.807) is 0 Å². The summed E-state index contributed by atoms with van der Waals surface area (Å²) in [5.41, 5.74) is 2.64. The molecule has 136 valence electrons. The van der Waals surface area contributed by atoms with Crippen molar-refractivity contribution in [1.29, 1.82) is 0 Å². The highest BCUT2D eigenvalue weighted by Crippen LogP contribution is 2.28. The summed E-state index contributed by atoms with van der Waals surface area (Å²) in [5.74, 6) is 1.02. The van der Waals surface area contributed by atoms with Gasteiger partial charge in [0, 0.05) is 12.1 Å². The molecule has 0 atom stereocenters. The normalized spacial score (nSPS) is 11.0. The standard InChI is InChI=1S/C24H29NO/c1-2-3-9-18-26-24-15-14-21-12-7-8-13-22(21)23(24)19-25-17-16-20-10-5-4-6-11-20/h4-8,10-15,25H,2-3,9,16-19H2,1H3. The minimum atomic E-state index is 0.795. The van der Waals surface area contributed by atoms with Crippen LogP contribution < -0.4 is 10.1 Å². The minimum Gasteiger partial charge on any atom is -0.493 e. The summed E-state index contributed by atoms with van der Waals surface area (Å²) in [6.07, 6.45) is 4.59. The number of hydrogen-bond acceptors (Lipinski definition) is 2. The third-order valence-corrected chi connectivity index (χ3v) is 4.74. The van der Waals surface area contributed by atoms with E-state index < -0.39 is 0 Å². The quantitative estimate of drug-likeness (QED) is 0.472. The third kappa shape index (κ3) is 5.09. The molecule has 0 aliphatic heterocycles. The van der Waals surface area contributed by atoms with Crippen LogP contribution >= 0.6 is 0 Å². The fourth-order valence-corrected chi connectivity index (χ4v) is 3.26. The van der Waals surface area contributed by atoms with Crippen molar-refractivity contribution in [3.05, 3.63) is 77.9 Å². The Morgan fingerprint density at radius 1 is 0.846 bits per heavy atom. The predicted octanol–water partition coefficient (Wildman–Crippen LogP) is 5.74. The van der Waals surface area contributed by atoms with Gasteiger partial charge < -0.3 is 10.1 Å². The summed E-state index contributed by atoms with van der Waals surface area (Å²) in [4.78, 5) is 0. The van der Waals surface area contributed by atoms with Crippen LogP contribution in [0.1, 0.15) is 37.3 Å². The second-order valence-electron chi connectivity index (χ2n) is 6.73. The highest BCUT2D eigenvalue weighted by atomic mass is 16.5. The summed E-state index contributed by atoms with van der Waals surface area (Å²) < 4.78 is 6.12. The van der Waals surface area contributed by atoms with Crippen LogP contribution in [0.3, 0.4) is 0 Å². The Kier molecular flexibility index (Phi) is 7.09. The van der Waals surface area contributed by atoms with E-state index >= 15 is 0 Å². The molecule has 0 heterocycles. The highest BCUT2D eigenvalue weighted by Gasteiger charge is 2.08. The van der Waals surface area contributed by atoms with Crippen LogP contribution in [0.25, 0.3) is 10.8 Å². The first-order valence-electron chi connectivity index (χ1n) is 9.76. The maximum Gasteiger partial charge on any atom is 0.124 e. The zero-order valence-electron chi connectivity index (χ0n) is 15.7. The van der Waals surface area contributed by atoms with Crippen molar-refractivity contribution in [2.75, 3.05) is 13.2 Å². The predicted molar refractivity (Wildman–Crippen MR) is 111 cm³/mol. The van der Waals surface area contributed by atoms with Crippen LogP contribution in [-0.2, 0) is 13.0 Å². The lowest BCUT2D eigenvalue weighted by atomic mass is 10.0. The maximum atomic E-state index is 6.12. The van der Waals surface area contributed by atoms with E-state index in [0.29, 0.717) is 0 Å². The molecule has 0 unspecified atom stereocenters. The van der Waals surface area contributed by atoms with E-state index in [9.17, 15) is 0 Å². The first-order valence-corrected chi connectivity index (χ1v) is 9.76. The van der Waals surface area contributed by atoms with Gasteiger partial charge in [-0.15, -0.1) is 0 Å². The zero-order valence-corrected chi connectivity index (χ0v) is 15.7. The molecule has 0 fully saturated rings. The molecule has 0 spiro atoms. The van der Waals surface area contributed by atoms with Gasteiger partial charge in [0.25, 0.3) is 0 Å². The van der Waals surface area contributed by atoms with Gasteiger partial charge in [0.15, 0.2) is 0 Å². The summed E-state index contributed by atoms with van der Waals surface area (Å²) >= 11 is 0. The highest BCUT2D eigenvalue weighted by molar-refractivity contribution is 5.87. The van der Waals surface area contributed by atoms with Gasteiger partial charge >= 0.3 is 0 Å². The monoisotopic (exact) mass is 347 g/mol. The van der Waals surface area contributed by atoms with Crippen molar-refractivity contribution in [2.45, 2.75) is 39.2 Å². The van der Waals surface area contributed by atoms with E-state index in [1.807, 2.05) is 0 Å². The van der Waals surface area contributed by atoms with Gasteiger partial charge in [-0.25, -0.2) is 0 Å². The molecule has 2 heteroatoms. The molecule has 3 rings (SSSR count). The van der Waals surface area contributed by atoms with Crippen LogP contribution in [0.15, 0.2) is 66.7 Å². The molecule has 3 aromatic rings. The average molecular weight is 348 g/mol. The van der Waals surface area contributed by atoms with E-state index in [4.69, 9.17) is 4.74 Å². The Hall–Kier alpha value is -2.32. The number of benzene rings is 3. The second kappa shape index (κ2) is 9.98. The van der Waals surface area contributed by atoms with Gasteiger partial charge in [0.05, 0.1) is 6.61 Å². The van der Waals surface area contributed by atoms with Crippen molar-refractivity contribution in [3.63, 3.8) is 0 Å². The summed E-state index contributed by atoms with van der Waals surface area (Å²) in [6.45, 7) is 4.81. The maximum absolute atomic E-state index is 6.12. The third-order valence-electron chi connectivity index (χ3n) is 4.74. The summed E-state index contributed by atoms with van der Waals surface area (Å²) in [5, 5.41) is 6.16. The smallest absolute Gasteiger partial charge is 0.124 e. The Morgan fingerprint density at radius 2 is 1.65 bits per heavy atom. The van der Waals surface area contributed by atoms with E-state index in [-0.39, 0.29) is 0 Å². The van der Waals surface area contributed by atoms with E-state index in [2.05, 4.69) is 79.0 Å². The molecule has 0 amide bonds. The van der Waals surface area contributed by atoms with Gasteiger partial charge in [0.2, 0.25) is 0 Å². The van der Waals surface area contributed by atoms with Crippen LogP contribution in [0.2, 0.25) is 0 Å². The van der Waals surface area contributed by atoms with Gasteiger partial charge in [-0.3, -0.25) is 0 Å². The fourth-order valence-electron chi connectivity index (χ4n) is 3.26. The van der Waals surface area contributed by atoms with E-state index in [1.165, 1.54) is 34.7 Å². The minimum absolute atomic E-state index is 0.795. The van der Waals surface area contributed by atoms with Gasteiger partial charge in [-0.1, -0.05) is 80.4 Å². The van der Waals surface area contributed by atoms with Gasteiger partial charge in [-0.2, -0.15) is 0 Å². The van der Waals surface area contributed by atoms with Gasteiger partial charge in [0.1, 0.15) is 5.75 Å². The van der Waals surface area contributed by atoms with E-state index in [0.717, 1.165) is 38.3 Å². The van der Waals surface area contributed by atoms with Crippen molar-refractivity contribution in [3.8, 4) is 5.75 Å². The Labute approximate surface area is 157 Å². The summed E-state index contributed by atoms with van der Waals surface area (Å²) in [7, 11) is 0. The molecule has 0 saturated heterocycles. The molecule has 0 saturated carbocycles. The van der Waals surface area contributed by atoms with Crippen LogP contribution in [0.4, 0.5) is 0 Å². The number of ether oxygens (including phenoxy) is 1. The van der Waals surface area contributed by atoms with Crippen LogP contribution in [0.5, 0.6) is 5.75 Å². The summed E-state index contributed by atoms with van der Waals surface area (Å²) in [6, 6.07) is 23.5. The zero-order chi connectivity index (χ0) is 18.0. The number of rotatable bonds is 10. The number of nitrogens with one attached hydrogen (secondary N) is 1. The van der Waals surface area contributed by atoms with Crippen LogP contribution in [-0.4, -0.2) is 13.2 Å². The molecule has 0 aliphatic rings. The molecular weight excluding hydrogens is 318 g/mol. The SMILES string of the molecule is CCCCCOc1ccc2ccccc2c1CNCCc1ccccc1. The number of fused-ring (bicyclic) bond motifs is 1. The molecule has 0 aliphatic carbocycles.